The van der Waals surface area contributed by atoms with Gasteiger partial charge in [-0.3, -0.25) is 14.9 Å². The van der Waals surface area contributed by atoms with Gasteiger partial charge in [0.1, 0.15) is 17.3 Å². The lowest BCUT2D eigenvalue weighted by Gasteiger charge is -2.13. The molecule has 2 heterocycles. The van der Waals surface area contributed by atoms with Crippen molar-refractivity contribution in [1.29, 1.82) is 0 Å². The minimum absolute atomic E-state index is 0.220. The number of amidine groups is 1. The Morgan fingerprint density at radius 1 is 1.07 bits per heavy atom. The maximum Gasteiger partial charge on any atom is 0.283 e. The molecule has 7 heteroatoms. The van der Waals surface area contributed by atoms with Crippen molar-refractivity contribution in [3.63, 3.8) is 0 Å². The maximum atomic E-state index is 13.1. The highest BCUT2D eigenvalue weighted by Crippen LogP contribution is 2.27. The molecule has 1 aliphatic rings. The summed E-state index contributed by atoms with van der Waals surface area (Å²) in [6, 6.07) is 17.0. The van der Waals surface area contributed by atoms with Gasteiger partial charge in [0.05, 0.1) is 18.4 Å². The number of benzene rings is 2. The molecular weight excluding hydrogens is 378 g/mol. The molecule has 3 aromatic rings. The lowest BCUT2D eigenvalue weighted by molar-refractivity contribution is -0.113. The number of nitrogens with one attached hydrogen (secondary N) is 1. The van der Waals surface area contributed by atoms with Gasteiger partial charge in [0.15, 0.2) is 5.82 Å². The Bertz CT molecular complexity index is 1160. The number of amides is 1. The summed E-state index contributed by atoms with van der Waals surface area (Å²) in [4.78, 5) is 23.5. The van der Waals surface area contributed by atoms with E-state index in [0.717, 1.165) is 28.3 Å². The second-order valence-electron chi connectivity index (χ2n) is 6.78. The minimum Gasteiger partial charge on any atom is -0.497 e. The Morgan fingerprint density at radius 2 is 1.80 bits per heavy atom. The van der Waals surface area contributed by atoms with Gasteiger partial charge in [0.2, 0.25) is 0 Å². The predicted molar refractivity (Wildman–Crippen MR) is 119 cm³/mol. The number of methoxy groups -OCH3 is 1. The smallest absolute Gasteiger partial charge is 0.283 e. The van der Waals surface area contributed by atoms with Gasteiger partial charge in [-0.1, -0.05) is 30.3 Å². The zero-order valence-corrected chi connectivity index (χ0v) is 17.0. The van der Waals surface area contributed by atoms with Crippen LogP contribution in [0.2, 0.25) is 0 Å². The fourth-order valence-corrected chi connectivity index (χ4v) is 3.14. The van der Waals surface area contributed by atoms with Crippen LogP contribution in [0.25, 0.3) is 6.08 Å². The number of ether oxygens (including phenoxy) is 1. The molecule has 0 saturated carbocycles. The summed E-state index contributed by atoms with van der Waals surface area (Å²) in [5.74, 6) is 1.59. The van der Waals surface area contributed by atoms with E-state index < -0.39 is 0 Å². The first-order valence-corrected chi connectivity index (χ1v) is 9.46. The van der Waals surface area contributed by atoms with Crippen molar-refractivity contribution in [2.24, 2.45) is 9.98 Å². The summed E-state index contributed by atoms with van der Waals surface area (Å²) in [6.45, 7) is 3.68. The summed E-state index contributed by atoms with van der Waals surface area (Å²) in [6.07, 6.45) is 3.48. The second kappa shape index (κ2) is 8.16. The molecule has 1 aromatic heterocycles. The van der Waals surface area contributed by atoms with Crippen molar-refractivity contribution in [3.8, 4) is 5.75 Å². The van der Waals surface area contributed by atoms with Crippen molar-refractivity contribution >= 4 is 35.5 Å². The van der Waals surface area contributed by atoms with E-state index >= 15 is 0 Å². The van der Waals surface area contributed by atoms with Gasteiger partial charge in [-0.05, 0) is 49.8 Å². The Kier molecular flexibility index (Phi) is 5.26. The van der Waals surface area contributed by atoms with Crippen molar-refractivity contribution in [1.82, 2.24) is 10.2 Å². The van der Waals surface area contributed by atoms with Crippen LogP contribution >= 0.6 is 0 Å². The van der Waals surface area contributed by atoms with Crippen LogP contribution in [0, 0.1) is 6.92 Å². The quantitative estimate of drug-likeness (QED) is 0.513. The molecule has 4 rings (SSSR count). The number of nitrogens with zero attached hydrogens (tertiary/aromatic N) is 4. The molecule has 1 N–H and O–H groups in total. The monoisotopic (exact) mass is 399 g/mol. The molecule has 0 bridgehead atoms. The van der Waals surface area contributed by atoms with Gasteiger partial charge >= 0.3 is 0 Å². The molecule has 0 radical (unpaired) electrons. The maximum absolute atomic E-state index is 13.1. The molecule has 30 heavy (non-hydrogen) atoms. The predicted octanol–water partition coefficient (Wildman–Crippen LogP) is 4.28. The van der Waals surface area contributed by atoms with E-state index in [-0.39, 0.29) is 5.91 Å². The molecule has 0 saturated heterocycles. The lowest BCUT2D eigenvalue weighted by atomic mass is 10.2. The van der Waals surface area contributed by atoms with Crippen molar-refractivity contribution < 1.29 is 9.53 Å². The molecule has 0 fully saturated rings. The summed E-state index contributed by atoms with van der Waals surface area (Å²) in [5.41, 5.74) is 3.60. The van der Waals surface area contributed by atoms with Crippen LogP contribution in [0.5, 0.6) is 5.75 Å². The molecule has 1 aliphatic heterocycles. The third kappa shape index (κ3) is 3.77. The Hall–Kier alpha value is -4.00. The number of aromatic nitrogens is 2. The van der Waals surface area contributed by atoms with E-state index in [1.54, 1.807) is 26.3 Å². The SMILES string of the molecule is COc1ccc(N=Cc2c(N3C(=O)/C(=C\c4ccccc4)N=C3C)n[nH]c2C)cc1. The van der Waals surface area contributed by atoms with Crippen molar-refractivity contribution in [2.45, 2.75) is 13.8 Å². The van der Waals surface area contributed by atoms with Gasteiger partial charge in [-0.25, -0.2) is 9.89 Å². The number of hydrogen-bond acceptors (Lipinski definition) is 5. The van der Waals surface area contributed by atoms with Gasteiger partial charge in [-0.15, -0.1) is 0 Å². The van der Waals surface area contributed by atoms with E-state index in [2.05, 4.69) is 20.2 Å². The summed E-state index contributed by atoms with van der Waals surface area (Å²) >= 11 is 0. The molecule has 0 aliphatic carbocycles. The average Bonchev–Trinajstić information content (AvgIpc) is 3.25. The number of H-pyrrole nitrogens is 1. The summed E-state index contributed by atoms with van der Waals surface area (Å²) in [7, 11) is 1.62. The van der Waals surface area contributed by atoms with Gasteiger partial charge in [0, 0.05) is 11.9 Å². The number of carbonyl (C=O) groups is 1. The Labute approximate surface area is 174 Å². The number of aryl methyl sites for hydroxylation is 1. The zero-order chi connectivity index (χ0) is 21.1. The topological polar surface area (TPSA) is 82.9 Å². The van der Waals surface area contributed by atoms with Gasteiger partial charge < -0.3 is 4.74 Å². The van der Waals surface area contributed by atoms with E-state index in [0.29, 0.717) is 17.4 Å². The van der Waals surface area contributed by atoms with Gasteiger partial charge in [0.25, 0.3) is 5.91 Å². The molecule has 0 unspecified atom stereocenters. The largest absolute Gasteiger partial charge is 0.497 e. The molecule has 1 amide bonds. The fraction of sp³-hybridized carbons (Fsp3) is 0.130. The fourth-order valence-electron chi connectivity index (χ4n) is 3.14. The Balaban J connectivity index is 1.64. The van der Waals surface area contributed by atoms with Crippen molar-refractivity contribution in [2.75, 3.05) is 12.0 Å². The van der Waals surface area contributed by atoms with Crippen molar-refractivity contribution in [3.05, 3.63) is 77.1 Å². The molecule has 2 aromatic carbocycles. The normalized spacial score (nSPS) is 15.3. The van der Waals surface area contributed by atoms with Crippen LogP contribution in [0.4, 0.5) is 11.5 Å². The van der Waals surface area contributed by atoms with Crippen LogP contribution in [0.1, 0.15) is 23.7 Å². The van der Waals surface area contributed by atoms with E-state index in [1.807, 2.05) is 61.5 Å². The van der Waals surface area contributed by atoms with E-state index in [9.17, 15) is 4.79 Å². The standard InChI is InChI=1S/C23H21N5O2/c1-15-20(14-24-18-9-11-19(30-3)12-10-18)22(27-26-15)28-16(2)25-21(23(28)29)13-17-7-5-4-6-8-17/h4-14H,1-3H3,(H,26,27)/b21-13+,24-14?. The number of rotatable bonds is 5. The minimum atomic E-state index is -0.220. The molecule has 7 nitrogen and oxygen atoms in total. The van der Waals surface area contributed by atoms with Crippen LogP contribution in [0.15, 0.2) is 70.3 Å². The zero-order valence-electron chi connectivity index (χ0n) is 17.0. The summed E-state index contributed by atoms with van der Waals surface area (Å²) < 4.78 is 5.17. The molecule has 0 atom stereocenters. The second-order valence-corrected chi connectivity index (χ2v) is 6.78. The highest BCUT2D eigenvalue weighted by molar-refractivity contribution is 6.28. The van der Waals surface area contributed by atoms with Crippen LogP contribution in [-0.4, -0.2) is 35.3 Å². The first-order chi connectivity index (χ1) is 14.6. The average molecular weight is 399 g/mol. The first kappa shape index (κ1) is 19.3. The molecule has 0 spiro atoms. The molecular formula is C23H21N5O2. The third-order valence-electron chi connectivity index (χ3n) is 4.73. The number of hydrogen-bond donors (Lipinski definition) is 1. The van der Waals surface area contributed by atoms with E-state index in [1.165, 1.54) is 4.90 Å². The number of aromatic amines is 1. The molecule has 150 valence electrons. The third-order valence-corrected chi connectivity index (χ3v) is 4.73. The van der Waals surface area contributed by atoms with Crippen LogP contribution in [-0.2, 0) is 4.79 Å². The summed E-state index contributed by atoms with van der Waals surface area (Å²) in [5, 5.41) is 7.29. The number of carbonyl (C=O) groups excluding carboxylic acids is 1. The van der Waals surface area contributed by atoms with Gasteiger partial charge in [-0.2, -0.15) is 5.10 Å². The number of aliphatic imine (C=N–C) groups is 2. The first-order valence-electron chi connectivity index (χ1n) is 9.46. The highest BCUT2D eigenvalue weighted by Gasteiger charge is 2.32. The van der Waals surface area contributed by atoms with E-state index in [4.69, 9.17) is 4.74 Å². The lowest BCUT2D eigenvalue weighted by Crippen LogP contribution is -2.31. The Morgan fingerprint density at radius 3 is 2.50 bits per heavy atom. The highest BCUT2D eigenvalue weighted by atomic mass is 16.5. The number of anilines is 1. The van der Waals surface area contributed by atoms with Crippen LogP contribution < -0.4 is 9.64 Å². The van der Waals surface area contributed by atoms with Crippen LogP contribution in [0.3, 0.4) is 0 Å².